The molecule has 0 aromatic carbocycles. The zero-order chi connectivity index (χ0) is 3.58. The molecule has 0 amide bonds. The molecule has 2 radical (unpaired) electrons. The van der Waals surface area contributed by atoms with Gasteiger partial charge in [-0.2, -0.15) is 0 Å². The Bertz CT molecular complexity index is 10.8. The van der Waals surface area contributed by atoms with Crippen molar-refractivity contribution >= 4 is 16.9 Å². The second kappa shape index (κ2) is 1.77. The van der Waals surface area contributed by atoms with Crippen LogP contribution in [0.25, 0.3) is 0 Å². The van der Waals surface area contributed by atoms with Crippen molar-refractivity contribution in [1.82, 2.24) is 0 Å². The summed E-state index contributed by atoms with van der Waals surface area (Å²) in [7, 11) is 0. The summed E-state index contributed by atoms with van der Waals surface area (Å²) in [4.78, 5) is 0. The molecule has 0 saturated heterocycles. The van der Waals surface area contributed by atoms with Gasteiger partial charge < -0.3 is 0 Å². The Morgan fingerprint density at radius 1 is 1.50 bits per heavy atom. The summed E-state index contributed by atoms with van der Waals surface area (Å²) in [5.74, 6) is 0. The van der Waals surface area contributed by atoms with Crippen LogP contribution in [0.1, 0.15) is 0 Å². The summed E-state index contributed by atoms with van der Waals surface area (Å²) in [6, 6.07) is 0. The molecule has 3 heteroatoms. The molecule has 0 rings (SSSR count). The van der Waals surface area contributed by atoms with Gasteiger partial charge in [0, 0.05) is 0 Å². The summed E-state index contributed by atoms with van der Waals surface area (Å²) in [6.07, 6.45) is 0. The van der Waals surface area contributed by atoms with E-state index in [-0.39, 0.29) is 0 Å². The third-order valence-corrected chi connectivity index (χ3v) is 0. The first-order chi connectivity index (χ1) is 1.73. The zero-order valence-corrected chi connectivity index (χ0v) is 3.80. The number of aliphatic hydroxyl groups is 2. The van der Waals surface area contributed by atoms with Gasteiger partial charge in [0.2, 0.25) is 0 Å². The fraction of sp³-hybridized carbons (Fsp3) is 1.00. The van der Waals surface area contributed by atoms with E-state index in [0.717, 1.165) is 0 Å². The molecule has 0 bridgehead atoms. The van der Waals surface area contributed by atoms with Gasteiger partial charge in [0.25, 0.3) is 0 Å². The SMILES string of the molecule is OC(O)[As]. The van der Waals surface area contributed by atoms with Crippen LogP contribution in [0.4, 0.5) is 0 Å². The van der Waals surface area contributed by atoms with Crippen LogP contribution in [0.5, 0.6) is 0 Å². The van der Waals surface area contributed by atoms with Crippen LogP contribution in [0.15, 0.2) is 0 Å². The van der Waals surface area contributed by atoms with Crippen LogP contribution in [-0.4, -0.2) is 32.1 Å². The average Bonchev–Trinajstić information content (AvgIpc) is 0.811. The molecule has 4 heavy (non-hydrogen) atoms. The molecule has 0 aromatic rings. The van der Waals surface area contributed by atoms with Gasteiger partial charge in [-0.05, 0) is 0 Å². The first-order valence-electron chi connectivity index (χ1n) is 0.775. The Kier molecular flexibility index (Phi) is 1.98. The van der Waals surface area contributed by atoms with Crippen molar-refractivity contribution < 1.29 is 10.2 Å². The summed E-state index contributed by atoms with van der Waals surface area (Å²) in [5.41, 5.74) is 0. The average molecular weight is 122 g/mol. The maximum absolute atomic E-state index is 7.58. The Hall–Kier alpha value is 0.478. The molecule has 0 aliphatic rings. The van der Waals surface area contributed by atoms with E-state index in [4.69, 9.17) is 10.2 Å². The van der Waals surface area contributed by atoms with E-state index in [1.807, 2.05) is 0 Å². The fourth-order valence-electron chi connectivity index (χ4n) is 0. The quantitative estimate of drug-likeness (QED) is 0.301. The van der Waals surface area contributed by atoms with Crippen molar-refractivity contribution in [2.75, 3.05) is 0 Å². The molecule has 0 aliphatic carbocycles. The van der Waals surface area contributed by atoms with Gasteiger partial charge in [-0.25, -0.2) is 0 Å². The van der Waals surface area contributed by atoms with Crippen molar-refractivity contribution in [2.24, 2.45) is 0 Å². The molecule has 0 fully saturated rings. The Morgan fingerprint density at radius 3 is 1.50 bits per heavy atom. The van der Waals surface area contributed by atoms with Gasteiger partial charge in [0.05, 0.1) is 0 Å². The summed E-state index contributed by atoms with van der Waals surface area (Å²) in [6.45, 7) is 0. The van der Waals surface area contributed by atoms with E-state index in [1.54, 1.807) is 16.9 Å². The predicted molar refractivity (Wildman–Crippen MR) is 14.0 cm³/mol. The molecule has 24 valence electrons. The van der Waals surface area contributed by atoms with E-state index < -0.39 is 5.08 Å². The Morgan fingerprint density at radius 2 is 1.50 bits per heavy atom. The van der Waals surface area contributed by atoms with Gasteiger partial charge in [-0.3, -0.25) is 0 Å². The summed E-state index contributed by atoms with van der Waals surface area (Å²) in [5, 5.41) is 13.9. The molecule has 0 unspecified atom stereocenters. The van der Waals surface area contributed by atoms with Crippen LogP contribution in [-0.2, 0) is 0 Å². The number of rotatable bonds is 0. The monoisotopic (exact) mass is 122 g/mol. The normalized spacial score (nSPS) is 9.00. The molecule has 2 N–H and O–H groups in total. The number of hydrogen-bond donors (Lipinski definition) is 2. The molecular weight excluding hydrogens is 119 g/mol. The Labute approximate surface area is 32.9 Å². The second-order valence-electron chi connectivity index (χ2n) is 0.346. The second-order valence-corrected chi connectivity index (χ2v) is 1.32. The van der Waals surface area contributed by atoms with Crippen molar-refractivity contribution in [1.29, 1.82) is 0 Å². The van der Waals surface area contributed by atoms with Crippen molar-refractivity contribution in [2.45, 2.75) is 5.08 Å². The van der Waals surface area contributed by atoms with Gasteiger partial charge >= 0.3 is 32.1 Å². The molecule has 0 aliphatic heterocycles. The van der Waals surface area contributed by atoms with Crippen LogP contribution in [0.2, 0.25) is 0 Å². The van der Waals surface area contributed by atoms with E-state index in [9.17, 15) is 0 Å². The fourth-order valence-corrected chi connectivity index (χ4v) is 0. The third kappa shape index (κ3) is 23.7. The third-order valence-electron chi connectivity index (χ3n) is 0. The first-order valence-corrected chi connectivity index (χ1v) is 1.86. The van der Waals surface area contributed by atoms with Gasteiger partial charge in [-0.1, -0.05) is 0 Å². The summed E-state index contributed by atoms with van der Waals surface area (Å²) < 4.78 is 0. The molecule has 0 atom stereocenters. The minimum atomic E-state index is -1.23. The maximum atomic E-state index is 7.58. The standard InChI is InChI=1S/CH3AsO2/c2-1(3)4/h1,3-4H. The van der Waals surface area contributed by atoms with Crippen LogP contribution in [0, 0.1) is 0 Å². The van der Waals surface area contributed by atoms with Crippen LogP contribution < -0.4 is 0 Å². The Balaban J connectivity index is 2.32. The summed E-state index contributed by atoms with van der Waals surface area (Å²) >= 11 is 1.65. The molecular formula is CH3AsO2. The molecule has 0 heterocycles. The van der Waals surface area contributed by atoms with E-state index >= 15 is 0 Å². The number of hydrogen-bond acceptors (Lipinski definition) is 2. The van der Waals surface area contributed by atoms with Gasteiger partial charge in [-0.15, -0.1) is 0 Å². The predicted octanol–water partition coefficient (Wildman–Crippen LogP) is -1.58. The zero-order valence-electron chi connectivity index (χ0n) is 1.92. The van der Waals surface area contributed by atoms with E-state index in [1.165, 1.54) is 0 Å². The van der Waals surface area contributed by atoms with Crippen molar-refractivity contribution in [3.05, 3.63) is 0 Å². The molecule has 0 aromatic heterocycles. The van der Waals surface area contributed by atoms with Gasteiger partial charge in [0.1, 0.15) is 0 Å². The van der Waals surface area contributed by atoms with E-state index in [2.05, 4.69) is 0 Å². The van der Waals surface area contributed by atoms with Gasteiger partial charge in [0.15, 0.2) is 0 Å². The van der Waals surface area contributed by atoms with Crippen molar-refractivity contribution in [3.8, 4) is 0 Å². The molecule has 0 spiro atoms. The molecule has 2 nitrogen and oxygen atoms in total. The van der Waals surface area contributed by atoms with E-state index in [0.29, 0.717) is 0 Å². The minimum absolute atomic E-state index is 1.23. The van der Waals surface area contributed by atoms with Crippen LogP contribution in [0.3, 0.4) is 0 Å². The molecule has 0 saturated carbocycles. The van der Waals surface area contributed by atoms with Crippen molar-refractivity contribution in [3.63, 3.8) is 0 Å². The first kappa shape index (κ1) is 4.48. The number of aliphatic hydroxyl groups excluding tert-OH is 1. The topological polar surface area (TPSA) is 40.5 Å². The van der Waals surface area contributed by atoms with Crippen LogP contribution >= 0.6 is 0 Å².